The van der Waals surface area contributed by atoms with Gasteiger partial charge in [-0.3, -0.25) is 0 Å². The molecule has 90 valence electrons. The molecule has 2 atom stereocenters. The maximum absolute atomic E-state index is 5.88. The van der Waals surface area contributed by atoms with Crippen molar-refractivity contribution in [1.82, 2.24) is 10.2 Å². The molecule has 0 amide bonds. The number of nitrogens with zero attached hydrogens (tertiary/aromatic N) is 2. The average Bonchev–Trinajstić information content (AvgIpc) is 2.82. The van der Waals surface area contributed by atoms with Gasteiger partial charge in [0, 0.05) is 5.92 Å². The quantitative estimate of drug-likeness (QED) is 0.855. The molecule has 0 aromatic carbocycles. The minimum Gasteiger partial charge on any atom is -0.423 e. The van der Waals surface area contributed by atoms with Crippen LogP contribution in [0, 0.1) is 5.41 Å². The highest BCUT2D eigenvalue weighted by atomic mass is 16.4. The number of rotatable bonds is 3. The molecule has 4 heteroatoms. The largest absolute Gasteiger partial charge is 0.423 e. The van der Waals surface area contributed by atoms with Crippen molar-refractivity contribution in [3.8, 4) is 0 Å². The Morgan fingerprint density at radius 2 is 2.25 bits per heavy atom. The molecule has 2 N–H and O–H groups in total. The van der Waals surface area contributed by atoms with E-state index >= 15 is 0 Å². The molecule has 1 saturated carbocycles. The molecule has 1 heterocycles. The number of hydrogen-bond donors (Lipinski definition) is 1. The maximum atomic E-state index is 5.88. The molecule has 1 aliphatic rings. The summed E-state index contributed by atoms with van der Waals surface area (Å²) in [6, 6.07) is -0.120. The van der Waals surface area contributed by atoms with Crippen molar-refractivity contribution in [3.05, 3.63) is 11.8 Å². The number of aromatic nitrogens is 2. The van der Waals surface area contributed by atoms with E-state index < -0.39 is 0 Å². The van der Waals surface area contributed by atoms with Crippen LogP contribution >= 0.6 is 0 Å². The summed E-state index contributed by atoms with van der Waals surface area (Å²) in [5, 5.41) is 8.22. The Kier molecular flexibility index (Phi) is 3.02. The molecular weight excluding hydrogens is 202 g/mol. The predicted octanol–water partition coefficient (Wildman–Crippen LogP) is 2.77. The lowest BCUT2D eigenvalue weighted by Crippen LogP contribution is -2.15. The summed E-state index contributed by atoms with van der Waals surface area (Å²) in [7, 11) is 0. The molecule has 0 aliphatic heterocycles. The van der Waals surface area contributed by atoms with Gasteiger partial charge in [-0.15, -0.1) is 10.2 Å². The monoisotopic (exact) mass is 223 g/mol. The van der Waals surface area contributed by atoms with Crippen LogP contribution in [-0.4, -0.2) is 10.2 Å². The Hall–Kier alpha value is -0.900. The van der Waals surface area contributed by atoms with Gasteiger partial charge in [0.25, 0.3) is 0 Å². The summed E-state index contributed by atoms with van der Waals surface area (Å²) in [4.78, 5) is 0. The third kappa shape index (κ3) is 1.98. The van der Waals surface area contributed by atoms with Gasteiger partial charge in [-0.25, -0.2) is 0 Å². The molecule has 1 aliphatic carbocycles. The summed E-state index contributed by atoms with van der Waals surface area (Å²) < 4.78 is 5.71. The zero-order valence-corrected chi connectivity index (χ0v) is 10.4. The second kappa shape index (κ2) is 4.17. The minimum atomic E-state index is -0.120. The smallest absolute Gasteiger partial charge is 0.233 e. The van der Waals surface area contributed by atoms with E-state index in [0.717, 1.165) is 18.7 Å². The number of hydrogen-bond acceptors (Lipinski definition) is 4. The SMILES string of the molecule is CCC(N)c1nnc(C2CCCC2(C)C)o1. The van der Waals surface area contributed by atoms with Crippen molar-refractivity contribution in [2.24, 2.45) is 11.1 Å². The molecular formula is C12H21N3O. The average molecular weight is 223 g/mol. The van der Waals surface area contributed by atoms with Gasteiger partial charge in [-0.2, -0.15) is 0 Å². The third-order valence-electron chi connectivity index (χ3n) is 3.77. The molecule has 1 aromatic rings. The molecule has 2 rings (SSSR count). The van der Waals surface area contributed by atoms with Crippen molar-refractivity contribution in [2.45, 2.75) is 58.4 Å². The van der Waals surface area contributed by atoms with Crippen LogP contribution in [0.5, 0.6) is 0 Å². The number of nitrogens with two attached hydrogens (primary N) is 1. The van der Waals surface area contributed by atoms with Gasteiger partial charge >= 0.3 is 0 Å². The highest BCUT2D eigenvalue weighted by molar-refractivity contribution is 5.03. The first-order valence-corrected chi connectivity index (χ1v) is 6.13. The first kappa shape index (κ1) is 11.6. The van der Waals surface area contributed by atoms with Crippen LogP contribution in [0.25, 0.3) is 0 Å². The molecule has 1 fully saturated rings. The first-order chi connectivity index (χ1) is 7.54. The fourth-order valence-electron chi connectivity index (χ4n) is 2.50. The molecule has 4 nitrogen and oxygen atoms in total. The Balaban J connectivity index is 2.19. The Morgan fingerprint density at radius 3 is 2.81 bits per heavy atom. The summed E-state index contributed by atoms with van der Waals surface area (Å²) in [6.07, 6.45) is 4.45. The van der Waals surface area contributed by atoms with E-state index in [1.807, 2.05) is 6.92 Å². The van der Waals surface area contributed by atoms with Crippen molar-refractivity contribution in [1.29, 1.82) is 0 Å². The molecule has 1 aromatic heterocycles. The van der Waals surface area contributed by atoms with Crippen LogP contribution in [0.2, 0.25) is 0 Å². The summed E-state index contributed by atoms with van der Waals surface area (Å²) >= 11 is 0. The van der Waals surface area contributed by atoms with E-state index in [4.69, 9.17) is 10.2 Å². The maximum Gasteiger partial charge on any atom is 0.233 e. The standard InChI is InChI=1S/C12H21N3O/c1-4-9(13)11-15-14-10(16-11)8-6-5-7-12(8,2)3/h8-9H,4-7,13H2,1-3H3. The van der Waals surface area contributed by atoms with Crippen molar-refractivity contribution in [2.75, 3.05) is 0 Å². The van der Waals surface area contributed by atoms with Crippen molar-refractivity contribution in [3.63, 3.8) is 0 Å². The highest BCUT2D eigenvalue weighted by Crippen LogP contribution is 2.48. The van der Waals surface area contributed by atoms with E-state index in [2.05, 4.69) is 24.0 Å². The van der Waals surface area contributed by atoms with Gasteiger partial charge in [0.15, 0.2) is 0 Å². The van der Waals surface area contributed by atoms with Crippen LogP contribution in [-0.2, 0) is 0 Å². The van der Waals surface area contributed by atoms with Gasteiger partial charge in [0.2, 0.25) is 11.8 Å². The van der Waals surface area contributed by atoms with Gasteiger partial charge in [0.1, 0.15) is 0 Å². The zero-order valence-electron chi connectivity index (χ0n) is 10.4. The fourth-order valence-corrected chi connectivity index (χ4v) is 2.50. The summed E-state index contributed by atoms with van der Waals surface area (Å²) in [5.41, 5.74) is 6.16. The van der Waals surface area contributed by atoms with Gasteiger partial charge < -0.3 is 10.2 Å². The van der Waals surface area contributed by atoms with Crippen LogP contribution < -0.4 is 5.73 Å². The first-order valence-electron chi connectivity index (χ1n) is 6.13. The molecule has 2 unspecified atom stereocenters. The topological polar surface area (TPSA) is 64.9 Å². The fraction of sp³-hybridized carbons (Fsp3) is 0.833. The van der Waals surface area contributed by atoms with E-state index in [9.17, 15) is 0 Å². The normalized spacial score (nSPS) is 25.9. The molecule has 0 radical (unpaired) electrons. The van der Waals surface area contributed by atoms with Gasteiger partial charge in [-0.1, -0.05) is 27.2 Å². The molecule has 0 saturated heterocycles. The van der Waals surface area contributed by atoms with E-state index in [0.29, 0.717) is 11.8 Å². The van der Waals surface area contributed by atoms with E-state index in [-0.39, 0.29) is 11.5 Å². The van der Waals surface area contributed by atoms with E-state index in [1.165, 1.54) is 12.8 Å². The van der Waals surface area contributed by atoms with Gasteiger partial charge in [-0.05, 0) is 24.7 Å². The molecule has 0 bridgehead atoms. The van der Waals surface area contributed by atoms with Crippen LogP contribution in [0.3, 0.4) is 0 Å². The third-order valence-corrected chi connectivity index (χ3v) is 3.77. The van der Waals surface area contributed by atoms with Crippen molar-refractivity contribution < 1.29 is 4.42 Å². The second-order valence-electron chi connectivity index (χ2n) is 5.43. The Labute approximate surface area is 96.6 Å². The Morgan fingerprint density at radius 1 is 1.50 bits per heavy atom. The zero-order chi connectivity index (χ0) is 11.8. The minimum absolute atomic E-state index is 0.120. The predicted molar refractivity (Wildman–Crippen MR) is 61.9 cm³/mol. The summed E-state index contributed by atoms with van der Waals surface area (Å²) in [6.45, 7) is 6.57. The molecule has 16 heavy (non-hydrogen) atoms. The highest BCUT2D eigenvalue weighted by Gasteiger charge is 2.39. The lowest BCUT2D eigenvalue weighted by molar-refractivity contribution is 0.277. The van der Waals surface area contributed by atoms with Gasteiger partial charge in [0.05, 0.1) is 6.04 Å². The second-order valence-corrected chi connectivity index (χ2v) is 5.43. The summed E-state index contributed by atoms with van der Waals surface area (Å²) in [5.74, 6) is 1.76. The van der Waals surface area contributed by atoms with Crippen LogP contribution in [0.4, 0.5) is 0 Å². The lowest BCUT2D eigenvalue weighted by atomic mass is 9.82. The van der Waals surface area contributed by atoms with E-state index in [1.54, 1.807) is 0 Å². The molecule has 0 spiro atoms. The van der Waals surface area contributed by atoms with Crippen LogP contribution in [0.1, 0.15) is 70.2 Å². The van der Waals surface area contributed by atoms with Crippen LogP contribution in [0.15, 0.2) is 4.42 Å². The van der Waals surface area contributed by atoms with Crippen molar-refractivity contribution >= 4 is 0 Å². The Bertz CT molecular complexity index is 359. The lowest BCUT2D eigenvalue weighted by Gasteiger charge is -2.23.